The van der Waals surface area contributed by atoms with E-state index in [9.17, 15) is 0 Å². The Kier molecular flexibility index (Phi) is 5.83. The molecule has 0 saturated carbocycles. The third-order valence-corrected chi connectivity index (χ3v) is 4.92. The molecule has 7 nitrogen and oxygen atoms in total. The summed E-state index contributed by atoms with van der Waals surface area (Å²) in [6.45, 7) is 7.30. The van der Waals surface area contributed by atoms with Gasteiger partial charge in [-0.2, -0.15) is 0 Å². The van der Waals surface area contributed by atoms with Crippen molar-refractivity contribution in [3.05, 3.63) is 83.5 Å². The first-order valence-electron chi connectivity index (χ1n) is 9.46. The van der Waals surface area contributed by atoms with Crippen molar-refractivity contribution < 1.29 is 9.47 Å². The Bertz CT molecular complexity index is 1120. The van der Waals surface area contributed by atoms with Crippen molar-refractivity contribution in [2.45, 2.75) is 26.7 Å². The number of rotatable bonds is 6. The summed E-state index contributed by atoms with van der Waals surface area (Å²) in [5, 5.41) is 9.30. The lowest BCUT2D eigenvalue weighted by Gasteiger charge is -2.11. The smallest absolute Gasteiger partial charge is 0.165 e. The number of imidazole rings is 1. The first-order valence-corrected chi connectivity index (χ1v) is 9.84. The summed E-state index contributed by atoms with van der Waals surface area (Å²) < 4.78 is 15.3. The van der Waals surface area contributed by atoms with Crippen LogP contribution < -0.4 is 4.74 Å². The fourth-order valence-electron chi connectivity index (χ4n) is 3.32. The predicted molar refractivity (Wildman–Crippen MR) is 116 cm³/mol. The van der Waals surface area contributed by atoms with Crippen molar-refractivity contribution in [2.75, 3.05) is 7.11 Å². The molecule has 0 spiro atoms. The van der Waals surface area contributed by atoms with Crippen LogP contribution in [-0.4, -0.2) is 31.4 Å². The Labute approximate surface area is 179 Å². The number of allylic oxidation sites excluding steroid dienone is 5. The lowest BCUT2D eigenvalue weighted by atomic mass is 10.2. The number of ether oxygens (including phenoxy) is 2. The minimum absolute atomic E-state index is 0.341. The van der Waals surface area contributed by atoms with E-state index >= 15 is 0 Å². The van der Waals surface area contributed by atoms with E-state index in [0.717, 1.165) is 34.2 Å². The molecule has 0 aliphatic carbocycles. The SMILES string of the molecule is C=C1/C(=C\C=C(/C)Cl)n2cnc(COc3ccccc3)c2Cn2c(COC)nnc21. The standard InChI is InChI=1S/C22H22ClN5O2/c1-15(23)9-10-19-16(2)22-26-25-21(13-29-3)27(22)11-20-18(24-14-28(19)20)12-30-17-7-5-4-6-8-17/h4-10,14H,2,11-13H2,1,3H3/b15-9+,19-10+. The number of halogens is 1. The number of hydrogen-bond acceptors (Lipinski definition) is 5. The predicted octanol–water partition coefficient (Wildman–Crippen LogP) is 4.26. The molecule has 0 atom stereocenters. The van der Waals surface area contributed by atoms with Gasteiger partial charge in [0.1, 0.15) is 24.7 Å². The molecule has 3 heterocycles. The van der Waals surface area contributed by atoms with E-state index < -0.39 is 0 Å². The quantitative estimate of drug-likeness (QED) is 0.592. The molecule has 0 saturated heterocycles. The summed E-state index contributed by atoms with van der Waals surface area (Å²) in [5.41, 5.74) is 3.35. The van der Waals surface area contributed by atoms with Gasteiger partial charge in [0.15, 0.2) is 11.6 Å². The van der Waals surface area contributed by atoms with Crippen molar-refractivity contribution in [2.24, 2.45) is 0 Å². The van der Waals surface area contributed by atoms with Crippen LogP contribution in [0.2, 0.25) is 0 Å². The summed E-state index contributed by atoms with van der Waals surface area (Å²) in [7, 11) is 1.63. The number of hydrogen-bond donors (Lipinski definition) is 0. The maximum atomic E-state index is 6.07. The Morgan fingerprint density at radius 3 is 2.77 bits per heavy atom. The fraction of sp³-hybridized carbons (Fsp3) is 0.227. The van der Waals surface area contributed by atoms with Gasteiger partial charge in [0.05, 0.1) is 24.3 Å². The second-order valence-electron chi connectivity index (χ2n) is 6.85. The van der Waals surface area contributed by atoms with Gasteiger partial charge in [-0.3, -0.25) is 0 Å². The van der Waals surface area contributed by atoms with Crippen molar-refractivity contribution in [3.8, 4) is 5.75 Å². The molecular formula is C22H22ClN5O2. The van der Waals surface area contributed by atoms with Gasteiger partial charge in [-0.1, -0.05) is 36.4 Å². The zero-order valence-corrected chi connectivity index (χ0v) is 17.6. The maximum absolute atomic E-state index is 6.07. The molecule has 3 aromatic rings. The number of aromatic nitrogens is 5. The van der Waals surface area contributed by atoms with Gasteiger partial charge >= 0.3 is 0 Å². The number of para-hydroxylation sites is 1. The Balaban J connectivity index is 1.78. The molecule has 0 bridgehead atoms. The molecule has 30 heavy (non-hydrogen) atoms. The first-order chi connectivity index (χ1) is 14.6. The fourth-order valence-corrected chi connectivity index (χ4v) is 3.38. The largest absolute Gasteiger partial charge is 0.487 e. The van der Waals surface area contributed by atoms with Crippen LogP contribution in [0.25, 0.3) is 11.3 Å². The molecule has 2 aromatic heterocycles. The van der Waals surface area contributed by atoms with Crippen LogP contribution in [0.15, 0.2) is 60.4 Å². The van der Waals surface area contributed by atoms with E-state index in [1.807, 2.05) is 58.5 Å². The lowest BCUT2D eigenvalue weighted by molar-refractivity contribution is 0.174. The van der Waals surface area contributed by atoms with Crippen molar-refractivity contribution in [1.29, 1.82) is 0 Å². The zero-order chi connectivity index (χ0) is 21.1. The monoisotopic (exact) mass is 423 g/mol. The van der Waals surface area contributed by atoms with Crippen LogP contribution >= 0.6 is 11.6 Å². The summed E-state index contributed by atoms with van der Waals surface area (Å²) in [4.78, 5) is 4.62. The summed E-state index contributed by atoms with van der Waals surface area (Å²) >= 11 is 6.07. The topological polar surface area (TPSA) is 67.0 Å². The van der Waals surface area contributed by atoms with Gasteiger partial charge in [0.25, 0.3) is 0 Å². The van der Waals surface area contributed by atoms with E-state index in [2.05, 4.69) is 21.8 Å². The second-order valence-corrected chi connectivity index (χ2v) is 7.45. The molecule has 4 rings (SSSR count). The van der Waals surface area contributed by atoms with E-state index in [1.165, 1.54) is 0 Å². The van der Waals surface area contributed by atoms with Crippen molar-refractivity contribution >= 4 is 22.9 Å². The molecule has 154 valence electrons. The summed E-state index contributed by atoms with van der Waals surface area (Å²) in [6, 6.07) is 9.68. The van der Waals surface area contributed by atoms with Crippen LogP contribution in [0.5, 0.6) is 5.75 Å². The van der Waals surface area contributed by atoms with Crippen LogP contribution in [-0.2, 0) is 24.5 Å². The molecule has 0 fully saturated rings. The maximum Gasteiger partial charge on any atom is 0.165 e. The third-order valence-electron chi connectivity index (χ3n) is 4.79. The van der Waals surface area contributed by atoms with Gasteiger partial charge in [-0.15, -0.1) is 10.2 Å². The van der Waals surface area contributed by atoms with E-state index in [0.29, 0.717) is 30.6 Å². The van der Waals surface area contributed by atoms with Gasteiger partial charge < -0.3 is 18.6 Å². The average molecular weight is 424 g/mol. The number of fused-ring (bicyclic) bond motifs is 2. The van der Waals surface area contributed by atoms with Crippen LogP contribution in [0.4, 0.5) is 0 Å². The Hall–Kier alpha value is -3.16. The minimum atomic E-state index is 0.341. The number of methoxy groups -OCH3 is 1. The van der Waals surface area contributed by atoms with Crippen LogP contribution in [0, 0.1) is 0 Å². The third kappa shape index (κ3) is 3.94. The molecule has 0 amide bonds. The summed E-state index contributed by atoms with van der Waals surface area (Å²) in [6.07, 6.45) is 5.52. The molecule has 1 aliphatic heterocycles. The van der Waals surface area contributed by atoms with E-state index in [-0.39, 0.29) is 0 Å². The lowest BCUT2D eigenvalue weighted by Crippen LogP contribution is -2.11. The normalized spacial score (nSPS) is 15.1. The van der Waals surface area contributed by atoms with Gasteiger partial charge in [-0.05, 0) is 31.2 Å². The highest BCUT2D eigenvalue weighted by Gasteiger charge is 2.26. The van der Waals surface area contributed by atoms with Gasteiger partial charge in [-0.25, -0.2) is 4.98 Å². The molecule has 1 aliphatic rings. The van der Waals surface area contributed by atoms with Crippen LogP contribution in [0.3, 0.4) is 0 Å². The molecule has 0 radical (unpaired) electrons. The Morgan fingerprint density at radius 2 is 2.03 bits per heavy atom. The van der Waals surface area contributed by atoms with E-state index in [4.69, 9.17) is 21.1 Å². The molecule has 0 N–H and O–H groups in total. The molecular weight excluding hydrogens is 402 g/mol. The molecule has 8 heteroatoms. The summed E-state index contributed by atoms with van der Waals surface area (Å²) in [5.74, 6) is 2.20. The Morgan fingerprint density at radius 1 is 1.23 bits per heavy atom. The highest BCUT2D eigenvalue weighted by atomic mass is 35.5. The van der Waals surface area contributed by atoms with Crippen molar-refractivity contribution in [1.82, 2.24) is 24.3 Å². The van der Waals surface area contributed by atoms with Crippen molar-refractivity contribution in [3.63, 3.8) is 0 Å². The number of benzene rings is 1. The second kappa shape index (κ2) is 8.69. The average Bonchev–Trinajstić information content (AvgIpc) is 3.29. The highest BCUT2D eigenvalue weighted by Crippen LogP contribution is 2.32. The van der Waals surface area contributed by atoms with Crippen LogP contribution in [0.1, 0.15) is 30.0 Å². The molecule has 0 unspecified atom stereocenters. The minimum Gasteiger partial charge on any atom is -0.487 e. The van der Waals surface area contributed by atoms with Gasteiger partial charge in [0, 0.05) is 17.7 Å². The molecule has 1 aromatic carbocycles. The van der Waals surface area contributed by atoms with Gasteiger partial charge in [0.2, 0.25) is 0 Å². The zero-order valence-electron chi connectivity index (χ0n) is 16.9. The first kappa shape index (κ1) is 20.1. The highest BCUT2D eigenvalue weighted by molar-refractivity contribution is 6.29. The number of nitrogens with zero attached hydrogens (tertiary/aromatic N) is 5. The van der Waals surface area contributed by atoms with E-state index in [1.54, 1.807) is 13.4 Å².